The smallest absolute Gasteiger partial charge is 0.271 e. The molecule has 2 aromatic heterocycles. The number of nitro groups is 1. The third kappa shape index (κ3) is 3.25. The summed E-state index contributed by atoms with van der Waals surface area (Å²) in [6.45, 7) is 0. The molecule has 4 rings (SSSR count). The molecule has 0 spiro atoms. The largest absolute Gasteiger partial charge is 0.434 e. The molecule has 0 aliphatic heterocycles. The lowest BCUT2D eigenvalue weighted by atomic mass is 10.2. The van der Waals surface area contributed by atoms with Crippen molar-refractivity contribution in [2.24, 2.45) is 0 Å². The highest BCUT2D eigenvalue weighted by Crippen LogP contribution is 2.20. The molecule has 2 heterocycles. The van der Waals surface area contributed by atoms with Crippen molar-refractivity contribution in [3.8, 4) is 0 Å². The van der Waals surface area contributed by atoms with Crippen molar-refractivity contribution in [3.05, 3.63) is 76.8 Å². The quantitative estimate of drug-likeness (QED) is 0.316. The van der Waals surface area contributed by atoms with Crippen molar-refractivity contribution in [1.82, 2.24) is 9.97 Å². The number of nitrogens with zero attached hydrogens (tertiary/aromatic N) is 3. The predicted octanol–water partition coefficient (Wildman–Crippen LogP) is 3.78. The molecular formula is C17H11N3O4. The number of rotatable bonds is 2. The van der Waals surface area contributed by atoms with Crippen LogP contribution in [0.4, 0.5) is 5.69 Å². The number of benzene rings is 2. The van der Waals surface area contributed by atoms with Crippen LogP contribution in [0.15, 0.2) is 65.2 Å². The van der Waals surface area contributed by atoms with Crippen LogP contribution in [0, 0.1) is 10.1 Å². The number of carbonyl (C=O) groups is 1. The van der Waals surface area contributed by atoms with Gasteiger partial charge in [-0.05, 0) is 18.2 Å². The summed E-state index contributed by atoms with van der Waals surface area (Å²) in [6, 6.07) is 16.0. The SMILES string of the molecule is O=Cc1nc2cc([N+](=O)[O-])ccc2o1.c1ccc2ncccc2c1. The van der Waals surface area contributed by atoms with E-state index in [-0.39, 0.29) is 11.6 Å². The molecule has 7 heteroatoms. The highest BCUT2D eigenvalue weighted by Gasteiger charge is 2.10. The summed E-state index contributed by atoms with van der Waals surface area (Å²) >= 11 is 0. The zero-order chi connectivity index (χ0) is 16.9. The molecule has 0 saturated carbocycles. The van der Waals surface area contributed by atoms with E-state index >= 15 is 0 Å². The summed E-state index contributed by atoms with van der Waals surface area (Å²) in [4.78, 5) is 28.1. The van der Waals surface area contributed by atoms with E-state index in [1.54, 1.807) is 0 Å². The molecular weight excluding hydrogens is 310 g/mol. The number of non-ortho nitro benzene ring substituents is 1. The lowest BCUT2D eigenvalue weighted by Crippen LogP contribution is -1.86. The summed E-state index contributed by atoms with van der Waals surface area (Å²) in [5.41, 5.74) is 1.65. The summed E-state index contributed by atoms with van der Waals surface area (Å²) in [5, 5.41) is 11.6. The van der Waals surface area contributed by atoms with E-state index in [0.717, 1.165) is 5.52 Å². The van der Waals surface area contributed by atoms with Crippen LogP contribution in [0.1, 0.15) is 10.7 Å². The Labute approximate surface area is 135 Å². The van der Waals surface area contributed by atoms with Gasteiger partial charge < -0.3 is 4.42 Å². The standard InChI is InChI=1S/C9H7N.C8H4N2O4/c1-2-6-9-8(4-1)5-3-7-10-9;11-4-8-9-6-3-5(10(12)13)1-2-7(6)14-8/h1-7H;1-4H. The number of carbonyl (C=O) groups excluding carboxylic acids is 1. The minimum absolute atomic E-state index is 0.0803. The minimum atomic E-state index is -0.533. The number of pyridine rings is 1. The first-order chi connectivity index (χ1) is 11.7. The predicted molar refractivity (Wildman–Crippen MR) is 87.8 cm³/mol. The molecule has 118 valence electrons. The molecule has 0 saturated heterocycles. The van der Waals surface area contributed by atoms with Crippen LogP contribution in [-0.4, -0.2) is 21.2 Å². The number of fused-ring (bicyclic) bond motifs is 2. The molecule has 0 bridgehead atoms. The molecule has 0 aliphatic rings. The maximum absolute atomic E-state index is 10.4. The van der Waals surface area contributed by atoms with Gasteiger partial charge in [-0.15, -0.1) is 0 Å². The molecule has 24 heavy (non-hydrogen) atoms. The Morgan fingerprint density at radius 1 is 1.04 bits per heavy atom. The fraction of sp³-hybridized carbons (Fsp3) is 0. The van der Waals surface area contributed by atoms with E-state index < -0.39 is 4.92 Å². The van der Waals surface area contributed by atoms with Crippen LogP contribution in [0.25, 0.3) is 22.0 Å². The normalized spacial score (nSPS) is 10.2. The van der Waals surface area contributed by atoms with Crippen molar-refractivity contribution < 1.29 is 14.1 Å². The molecule has 4 aromatic rings. The molecule has 0 amide bonds. The van der Waals surface area contributed by atoms with Crippen LogP contribution in [0.5, 0.6) is 0 Å². The summed E-state index contributed by atoms with van der Waals surface area (Å²) in [7, 11) is 0. The first-order valence-electron chi connectivity index (χ1n) is 6.97. The molecule has 0 N–H and O–H groups in total. The Balaban J connectivity index is 0.000000149. The maximum atomic E-state index is 10.4. The second-order valence-corrected chi connectivity index (χ2v) is 4.78. The van der Waals surface area contributed by atoms with Crippen molar-refractivity contribution >= 4 is 34.0 Å². The van der Waals surface area contributed by atoms with Gasteiger partial charge in [-0.2, -0.15) is 0 Å². The van der Waals surface area contributed by atoms with Crippen LogP contribution in [-0.2, 0) is 0 Å². The van der Waals surface area contributed by atoms with E-state index in [1.165, 1.54) is 23.6 Å². The number of aldehydes is 1. The van der Waals surface area contributed by atoms with Crippen LogP contribution in [0.2, 0.25) is 0 Å². The Hall–Kier alpha value is -3.61. The van der Waals surface area contributed by atoms with Crippen molar-refractivity contribution in [3.63, 3.8) is 0 Å². The minimum Gasteiger partial charge on any atom is -0.434 e. The van der Waals surface area contributed by atoms with Gasteiger partial charge in [0, 0.05) is 23.7 Å². The first-order valence-corrected chi connectivity index (χ1v) is 6.97. The molecule has 0 radical (unpaired) electrons. The fourth-order valence-electron chi connectivity index (χ4n) is 2.11. The number of para-hydroxylation sites is 1. The number of aromatic nitrogens is 2. The Morgan fingerprint density at radius 2 is 1.83 bits per heavy atom. The average molecular weight is 321 g/mol. The summed E-state index contributed by atoms with van der Waals surface area (Å²) in [5.74, 6) is -0.0829. The lowest BCUT2D eigenvalue weighted by molar-refractivity contribution is -0.384. The molecule has 0 atom stereocenters. The van der Waals surface area contributed by atoms with Gasteiger partial charge in [-0.3, -0.25) is 19.9 Å². The van der Waals surface area contributed by atoms with E-state index in [2.05, 4.69) is 22.1 Å². The third-order valence-corrected chi connectivity index (χ3v) is 3.21. The number of nitro benzene ring substituents is 1. The lowest BCUT2D eigenvalue weighted by Gasteiger charge is -1.91. The second-order valence-electron chi connectivity index (χ2n) is 4.78. The number of hydrogen-bond donors (Lipinski definition) is 0. The van der Waals surface area contributed by atoms with Crippen LogP contribution >= 0.6 is 0 Å². The molecule has 7 nitrogen and oxygen atoms in total. The van der Waals surface area contributed by atoms with Crippen molar-refractivity contribution in [2.45, 2.75) is 0 Å². The van der Waals surface area contributed by atoms with E-state index in [4.69, 9.17) is 4.42 Å². The van der Waals surface area contributed by atoms with Gasteiger partial charge >= 0.3 is 0 Å². The van der Waals surface area contributed by atoms with Gasteiger partial charge in [0.1, 0.15) is 5.52 Å². The summed E-state index contributed by atoms with van der Waals surface area (Å²) < 4.78 is 4.95. The zero-order valence-corrected chi connectivity index (χ0v) is 12.3. The van der Waals surface area contributed by atoms with Crippen molar-refractivity contribution in [1.29, 1.82) is 0 Å². The van der Waals surface area contributed by atoms with Crippen molar-refractivity contribution in [2.75, 3.05) is 0 Å². The fourth-order valence-corrected chi connectivity index (χ4v) is 2.11. The number of hydrogen-bond acceptors (Lipinski definition) is 6. The van der Waals surface area contributed by atoms with E-state index in [1.807, 2.05) is 30.5 Å². The van der Waals surface area contributed by atoms with Gasteiger partial charge in [-0.25, -0.2) is 4.98 Å². The van der Waals surface area contributed by atoms with Crippen LogP contribution in [0.3, 0.4) is 0 Å². The van der Waals surface area contributed by atoms with Gasteiger partial charge in [0.2, 0.25) is 6.29 Å². The van der Waals surface area contributed by atoms with Gasteiger partial charge in [-0.1, -0.05) is 24.3 Å². The number of oxazole rings is 1. The monoisotopic (exact) mass is 321 g/mol. The Morgan fingerprint density at radius 3 is 2.58 bits per heavy atom. The topological polar surface area (TPSA) is 99.1 Å². The highest BCUT2D eigenvalue weighted by molar-refractivity contribution is 5.80. The summed E-state index contributed by atoms with van der Waals surface area (Å²) in [6.07, 6.45) is 2.26. The molecule has 2 aromatic carbocycles. The second kappa shape index (κ2) is 6.66. The Kier molecular flexibility index (Phi) is 4.24. The molecule has 0 unspecified atom stereocenters. The van der Waals surface area contributed by atoms with Gasteiger partial charge in [0.05, 0.1) is 10.4 Å². The molecule has 0 fully saturated rings. The first kappa shape index (κ1) is 15.3. The highest BCUT2D eigenvalue weighted by atomic mass is 16.6. The average Bonchev–Trinajstić information content (AvgIpc) is 3.04. The van der Waals surface area contributed by atoms with Gasteiger partial charge in [0.25, 0.3) is 11.6 Å². The van der Waals surface area contributed by atoms with E-state index in [9.17, 15) is 14.9 Å². The van der Waals surface area contributed by atoms with Gasteiger partial charge in [0.15, 0.2) is 5.58 Å². The zero-order valence-electron chi connectivity index (χ0n) is 12.3. The third-order valence-electron chi connectivity index (χ3n) is 3.21. The maximum Gasteiger partial charge on any atom is 0.271 e. The van der Waals surface area contributed by atoms with Crippen LogP contribution < -0.4 is 0 Å². The molecule has 0 aliphatic carbocycles. The Bertz CT molecular complexity index is 961. The van der Waals surface area contributed by atoms with E-state index in [0.29, 0.717) is 17.4 Å².